The Kier molecular flexibility index (Phi) is 55.7. The third kappa shape index (κ3) is 54.8. The van der Waals surface area contributed by atoms with Gasteiger partial charge in [-0.3, -0.25) is 14.4 Å². The Morgan fingerprint density at radius 3 is 0.794 bits per heavy atom. The third-order valence-corrected chi connectivity index (χ3v) is 13.7. The van der Waals surface area contributed by atoms with Gasteiger partial charge in [0.2, 0.25) is 0 Å². The molecular formula is C62H116O6. The van der Waals surface area contributed by atoms with Crippen LogP contribution in [0, 0.1) is 0 Å². The molecule has 0 saturated carbocycles. The summed E-state index contributed by atoms with van der Waals surface area (Å²) in [6.07, 6.45) is 67.6. The Balaban J connectivity index is 4.22. The van der Waals surface area contributed by atoms with E-state index in [1.807, 2.05) is 0 Å². The fraction of sp³-hybridized carbons (Fsp3) is 0.887. The molecule has 0 radical (unpaired) electrons. The summed E-state index contributed by atoms with van der Waals surface area (Å²) < 4.78 is 16.9. The van der Waals surface area contributed by atoms with Crippen molar-refractivity contribution < 1.29 is 28.6 Å². The molecule has 1 unspecified atom stereocenters. The maximum absolute atomic E-state index is 12.9. The van der Waals surface area contributed by atoms with E-state index < -0.39 is 6.10 Å². The lowest BCUT2D eigenvalue weighted by molar-refractivity contribution is -0.167. The molecule has 6 nitrogen and oxygen atoms in total. The smallest absolute Gasteiger partial charge is 0.306 e. The topological polar surface area (TPSA) is 78.9 Å². The molecule has 0 aromatic heterocycles. The first-order valence-electron chi connectivity index (χ1n) is 30.3. The number of ether oxygens (including phenoxy) is 3. The van der Waals surface area contributed by atoms with Crippen LogP contribution in [0.2, 0.25) is 0 Å². The SMILES string of the molecule is CCC/C=C\CCCCCCCC(=O)OCC(COC(=O)CCCCCCCCCCCCCCCCCCCCCCC)OC(=O)CCCCCCCCCCC/C=C\CCCCCCCC. The number of allylic oxidation sites excluding steroid dienone is 4. The normalized spacial score (nSPS) is 12.1. The number of unbranched alkanes of at least 4 members (excludes halogenated alkanes) is 41. The van der Waals surface area contributed by atoms with Gasteiger partial charge >= 0.3 is 17.9 Å². The monoisotopic (exact) mass is 957 g/mol. The van der Waals surface area contributed by atoms with Crippen LogP contribution in [0.25, 0.3) is 0 Å². The van der Waals surface area contributed by atoms with Gasteiger partial charge in [0.1, 0.15) is 13.2 Å². The van der Waals surface area contributed by atoms with E-state index in [4.69, 9.17) is 14.2 Å². The van der Waals surface area contributed by atoms with Crippen molar-refractivity contribution in [2.24, 2.45) is 0 Å². The molecule has 0 spiro atoms. The zero-order chi connectivity index (χ0) is 49.3. The van der Waals surface area contributed by atoms with Gasteiger partial charge < -0.3 is 14.2 Å². The van der Waals surface area contributed by atoms with Gasteiger partial charge in [-0.1, -0.05) is 276 Å². The fourth-order valence-electron chi connectivity index (χ4n) is 9.09. The van der Waals surface area contributed by atoms with E-state index in [1.165, 1.54) is 225 Å². The first-order valence-corrected chi connectivity index (χ1v) is 30.3. The van der Waals surface area contributed by atoms with Crippen LogP contribution in [0.15, 0.2) is 24.3 Å². The average Bonchev–Trinajstić information content (AvgIpc) is 3.34. The number of hydrogen-bond acceptors (Lipinski definition) is 6. The van der Waals surface area contributed by atoms with Crippen LogP contribution < -0.4 is 0 Å². The van der Waals surface area contributed by atoms with E-state index >= 15 is 0 Å². The maximum Gasteiger partial charge on any atom is 0.306 e. The van der Waals surface area contributed by atoms with Crippen molar-refractivity contribution in [2.75, 3.05) is 13.2 Å². The summed E-state index contributed by atoms with van der Waals surface area (Å²) in [4.78, 5) is 38.1. The lowest BCUT2D eigenvalue weighted by Gasteiger charge is -2.18. The molecule has 0 aliphatic carbocycles. The number of esters is 3. The molecule has 6 heteroatoms. The Labute approximate surface area is 423 Å². The van der Waals surface area contributed by atoms with Gasteiger partial charge in [0.05, 0.1) is 0 Å². The maximum atomic E-state index is 12.9. The van der Waals surface area contributed by atoms with Gasteiger partial charge in [0, 0.05) is 19.3 Å². The third-order valence-electron chi connectivity index (χ3n) is 13.7. The highest BCUT2D eigenvalue weighted by atomic mass is 16.6. The Morgan fingerprint density at radius 2 is 0.515 bits per heavy atom. The standard InChI is InChI=1S/C62H116O6/c1-4-7-10-13-16-19-22-24-26-28-30-31-33-34-36-38-40-43-46-49-52-55-61(64)67-58-59(57-66-60(63)54-51-48-45-42-21-18-15-12-9-6-3)68-62(65)56-53-50-47-44-41-39-37-35-32-29-27-25-23-20-17-14-11-8-5-2/h12,15,25,27,59H,4-11,13-14,16-24,26,28-58H2,1-3H3/b15-12-,27-25-. The van der Waals surface area contributed by atoms with E-state index in [0.29, 0.717) is 19.3 Å². The van der Waals surface area contributed by atoms with Gasteiger partial charge in [-0.05, 0) is 64.2 Å². The summed E-state index contributed by atoms with van der Waals surface area (Å²) in [5, 5.41) is 0. The second-order valence-corrected chi connectivity index (χ2v) is 20.6. The first-order chi connectivity index (χ1) is 33.5. The largest absolute Gasteiger partial charge is 0.462 e. The second-order valence-electron chi connectivity index (χ2n) is 20.6. The molecule has 0 heterocycles. The molecule has 400 valence electrons. The lowest BCUT2D eigenvalue weighted by Crippen LogP contribution is -2.30. The quantitative estimate of drug-likeness (QED) is 0.0262. The molecule has 0 aliphatic rings. The Bertz CT molecular complexity index is 1100. The highest BCUT2D eigenvalue weighted by Crippen LogP contribution is 2.17. The first kappa shape index (κ1) is 65.9. The molecule has 0 aromatic carbocycles. The predicted octanol–water partition coefficient (Wildman–Crippen LogP) is 20.3. The second kappa shape index (κ2) is 57.5. The van der Waals surface area contributed by atoms with Gasteiger partial charge in [0.15, 0.2) is 6.10 Å². The van der Waals surface area contributed by atoms with E-state index in [0.717, 1.165) is 70.6 Å². The van der Waals surface area contributed by atoms with Gasteiger partial charge in [-0.25, -0.2) is 0 Å². The minimum absolute atomic E-state index is 0.0701. The Hall–Kier alpha value is -2.11. The summed E-state index contributed by atoms with van der Waals surface area (Å²) >= 11 is 0. The summed E-state index contributed by atoms with van der Waals surface area (Å²) in [6.45, 7) is 6.62. The van der Waals surface area contributed by atoms with Crippen molar-refractivity contribution in [3.8, 4) is 0 Å². The minimum Gasteiger partial charge on any atom is -0.462 e. The van der Waals surface area contributed by atoms with Crippen molar-refractivity contribution in [3.05, 3.63) is 24.3 Å². The highest BCUT2D eigenvalue weighted by molar-refractivity contribution is 5.71. The summed E-state index contributed by atoms with van der Waals surface area (Å²) in [5.41, 5.74) is 0. The van der Waals surface area contributed by atoms with Crippen molar-refractivity contribution in [1.29, 1.82) is 0 Å². The average molecular weight is 958 g/mol. The molecule has 0 fully saturated rings. The fourth-order valence-corrected chi connectivity index (χ4v) is 9.09. The molecule has 68 heavy (non-hydrogen) atoms. The van der Waals surface area contributed by atoms with Crippen LogP contribution in [-0.2, 0) is 28.6 Å². The molecule has 0 bridgehead atoms. The molecular weight excluding hydrogens is 841 g/mol. The molecule has 0 rings (SSSR count). The predicted molar refractivity (Wildman–Crippen MR) is 293 cm³/mol. The van der Waals surface area contributed by atoms with Crippen LogP contribution in [0.4, 0.5) is 0 Å². The van der Waals surface area contributed by atoms with Crippen molar-refractivity contribution in [1.82, 2.24) is 0 Å². The summed E-state index contributed by atoms with van der Waals surface area (Å²) in [6, 6.07) is 0. The number of carbonyl (C=O) groups is 3. The number of hydrogen-bond donors (Lipinski definition) is 0. The molecule has 0 aliphatic heterocycles. The minimum atomic E-state index is -0.772. The lowest BCUT2D eigenvalue weighted by atomic mass is 10.0. The van der Waals surface area contributed by atoms with Crippen molar-refractivity contribution in [3.63, 3.8) is 0 Å². The van der Waals surface area contributed by atoms with Crippen LogP contribution >= 0.6 is 0 Å². The summed E-state index contributed by atoms with van der Waals surface area (Å²) in [7, 11) is 0. The molecule has 0 saturated heterocycles. The number of rotatable bonds is 56. The number of carbonyl (C=O) groups excluding carboxylic acids is 3. The zero-order valence-electron chi connectivity index (χ0n) is 45.9. The Morgan fingerprint density at radius 1 is 0.279 bits per heavy atom. The van der Waals surface area contributed by atoms with E-state index in [2.05, 4.69) is 45.1 Å². The van der Waals surface area contributed by atoms with Crippen LogP contribution in [0.3, 0.4) is 0 Å². The van der Waals surface area contributed by atoms with Crippen molar-refractivity contribution >= 4 is 17.9 Å². The van der Waals surface area contributed by atoms with Gasteiger partial charge in [-0.2, -0.15) is 0 Å². The van der Waals surface area contributed by atoms with Crippen LogP contribution in [-0.4, -0.2) is 37.2 Å². The van der Waals surface area contributed by atoms with E-state index in [9.17, 15) is 14.4 Å². The van der Waals surface area contributed by atoms with E-state index in [-0.39, 0.29) is 31.1 Å². The van der Waals surface area contributed by atoms with Crippen LogP contribution in [0.1, 0.15) is 335 Å². The highest BCUT2D eigenvalue weighted by Gasteiger charge is 2.19. The molecule has 0 aromatic rings. The van der Waals surface area contributed by atoms with Crippen LogP contribution in [0.5, 0.6) is 0 Å². The van der Waals surface area contributed by atoms with Crippen molar-refractivity contribution in [2.45, 2.75) is 341 Å². The molecule has 0 N–H and O–H groups in total. The summed E-state index contributed by atoms with van der Waals surface area (Å²) in [5.74, 6) is -0.862. The molecule has 0 amide bonds. The van der Waals surface area contributed by atoms with E-state index in [1.54, 1.807) is 0 Å². The zero-order valence-corrected chi connectivity index (χ0v) is 45.9. The van der Waals surface area contributed by atoms with Gasteiger partial charge in [-0.15, -0.1) is 0 Å². The van der Waals surface area contributed by atoms with Gasteiger partial charge in [0.25, 0.3) is 0 Å². The molecule has 1 atom stereocenters.